The first kappa shape index (κ1) is 10.7. The number of benzene rings is 1. The van der Waals surface area contributed by atoms with Gasteiger partial charge < -0.3 is 4.98 Å². The molecule has 1 aromatic heterocycles. The van der Waals surface area contributed by atoms with Crippen LogP contribution in [0.3, 0.4) is 0 Å². The van der Waals surface area contributed by atoms with Gasteiger partial charge in [0.25, 0.3) is 0 Å². The monoisotopic (exact) mass is 211 g/mol. The van der Waals surface area contributed by atoms with Gasteiger partial charge in [0.2, 0.25) is 0 Å². The van der Waals surface area contributed by atoms with Gasteiger partial charge in [-0.15, -0.1) is 0 Å². The SMILES string of the molecule is C/C=C(\C)C/C=C/c1ccc2[nH]ccc2c1. The van der Waals surface area contributed by atoms with Crippen molar-refractivity contribution in [2.24, 2.45) is 0 Å². The summed E-state index contributed by atoms with van der Waals surface area (Å²) in [7, 11) is 0. The van der Waals surface area contributed by atoms with Crippen molar-refractivity contribution in [3.63, 3.8) is 0 Å². The van der Waals surface area contributed by atoms with Crippen molar-refractivity contribution in [2.75, 3.05) is 0 Å². The summed E-state index contributed by atoms with van der Waals surface area (Å²) in [6.45, 7) is 4.23. The molecule has 1 heterocycles. The van der Waals surface area contributed by atoms with Gasteiger partial charge in [-0.2, -0.15) is 0 Å². The zero-order valence-electron chi connectivity index (χ0n) is 9.83. The minimum Gasteiger partial charge on any atom is -0.361 e. The fourth-order valence-corrected chi connectivity index (χ4v) is 1.67. The van der Waals surface area contributed by atoms with Gasteiger partial charge in [0.15, 0.2) is 0 Å². The Bertz CT molecular complexity index is 529. The molecule has 1 aromatic carbocycles. The van der Waals surface area contributed by atoms with E-state index in [0.29, 0.717) is 0 Å². The van der Waals surface area contributed by atoms with E-state index in [0.717, 1.165) is 6.42 Å². The standard InChI is InChI=1S/C15H17N/c1-3-12(2)5-4-6-13-7-8-15-14(11-13)9-10-16-15/h3-4,6-11,16H,5H2,1-2H3/b6-4+,12-3+. The van der Waals surface area contributed by atoms with Gasteiger partial charge in [0, 0.05) is 11.7 Å². The van der Waals surface area contributed by atoms with Crippen LogP contribution in [-0.4, -0.2) is 4.98 Å². The molecule has 1 N–H and O–H groups in total. The van der Waals surface area contributed by atoms with E-state index in [2.05, 4.69) is 61.3 Å². The quantitative estimate of drug-likeness (QED) is 0.717. The van der Waals surface area contributed by atoms with Crippen molar-refractivity contribution < 1.29 is 0 Å². The first-order valence-corrected chi connectivity index (χ1v) is 5.65. The lowest BCUT2D eigenvalue weighted by molar-refractivity contribution is 1.21. The molecule has 0 saturated carbocycles. The molecular weight excluding hydrogens is 194 g/mol. The average molecular weight is 211 g/mol. The summed E-state index contributed by atoms with van der Waals surface area (Å²) >= 11 is 0. The van der Waals surface area contributed by atoms with E-state index in [9.17, 15) is 0 Å². The average Bonchev–Trinajstić information content (AvgIpc) is 2.76. The summed E-state index contributed by atoms with van der Waals surface area (Å²) in [5, 5.41) is 1.27. The van der Waals surface area contributed by atoms with E-state index in [4.69, 9.17) is 0 Å². The molecule has 0 amide bonds. The van der Waals surface area contributed by atoms with Gasteiger partial charge in [0.1, 0.15) is 0 Å². The molecule has 0 bridgehead atoms. The van der Waals surface area contributed by atoms with Gasteiger partial charge in [-0.25, -0.2) is 0 Å². The molecule has 0 aliphatic heterocycles. The number of aromatic nitrogens is 1. The molecular formula is C15H17N. The maximum atomic E-state index is 3.20. The van der Waals surface area contributed by atoms with Crippen molar-refractivity contribution in [3.8, 4) is 0 Å². The van der Waals surface area contributed by atoms with Crippen LogP contribution in [0, 0.1) is 0 Å². The molecule has 1 nitrogen and oxygen atoms in total. The second kappa shape index (κ2) is 4.84. The lowest BCUT2D eigenvalue weighted by Crippen LogP contribution is -1.74. The molecule has 2 rings (SSSR count). The topological polar surface area (TPSA) is 15.8 Å². The van der Waals surface area contributed by atoms with Crippen molar-refractivity contribution in [1.29, 1.82) is 0 Å². The lowest BCUT2D eigenvalue weighted by Gasteiger charge is -1.95. The van der Waals surface area contributed by atoms with Gasteiger partial charge in [-0.05, 0) is 49.4 Å². The first-order chi connectivity index (χ1) is 7.79. The van der Waals surface area contributed by atoms with Crippen molar-refractivity contribution in [3.05, 3.63) is 53.8 Å². The molecule has 1 heteroatoms. The highest BCUT2D eigenvalue weighted by molar-refractivity contribution is 5.81. The normalized spacial score (nSPS) is 12.8. The van der Waals surface area contributed by atoms with Gasteiger partial charge in [-0.1, -0.05) is 29.9 Å². The van der Waals surface area contributed by atoms with Crippen LogP contribution in [0.5, 0.6) is 0 Å². The second-order valence-corrected chi connectivity index (χ2v) is 4.07. The van der Waals surface area contributed by atoms with Crippen LogP contribution in [-0.2, 0) is 0 Å². The van der Waals surface area contributed by atoms with E-state index in [1.54, 1.807) is 0 Å². The zero-order valence-corrected chi connectivity index (χ0v) is 9.83. The van der Waals surface area contributed by atoms with Crippen LogP contribution in [0.2, 0.25) is 0 Å². The van der Waals surface area contributed by atoms with Gasteiger partial charge in [0.05, 0.1) is 0 Å². The predicted octanol–water partition coefficient (Wildman–Crippen LogP) is 4.54. The Morgan fingerprint density at radius 2 is 2.19 bits per heavy atom. The number of allylic oxidation sites excluding steroid dienone is 3. The molecule has 0 atom stereocenters. The number of aromatic amines is 1. The fraction of sp³-hybridized carbons (Fsp3) is 0.200. The van der Waals surface area contributed by atoms with Crippen LogP contribution >= 0.6 is 0 Å². The highest BCUT2D eigenvalue weighted by atomic mass is 14.7. The van der Waals surface area contributed by atoms with Crippen LogP contribution in [0.15, 0.2) is 48.2 Å². The number of hydrogen-bond acceptors (Lipinski definition) is 0. The van der Waals surface area contributed by atoms with Gasteiger partial charge in [-0.3, -0.25) is 0 Å². The van der Waals surface area contributed by atoms with Crippen LogP contribution < -0.4 is 0 Å². The number of hydrogen-bond donors (Lipinski definition) is 1. The molecule has 82 valence electrons. The minimum absolute atomic E-state index is 1.03. The van der Waals surface area contributed by atoms with E-state index < -0.39 is 0 Å². The highest BCUT2D eigenvalue weighted by Gasteiger charge is 1.93. The second-order valence-electron chi connectivity index (χ2n) is 4.07. The summed E-state index contributed by atoms with van der Waals surface area (Å²) in [4.78, 5) is 3.20. The maximum Gasteiger partial charge on any atom is 0.0454 e. The first-order valence-electron chi connectivity index (χ1n) is 5.65. The van der Waals surface area contributed by atoms with E-state index in [1.807, 2.05) is 6.20 Å². The summed E-state index contributed by atoms with van der Waals surface area (Å²) in [6.07, 6.45) is 9.55. The zero-order chi connectivity index (χ0) is 11.4. The Morgan fingerprint density at radius 1 is 1.31 bits per heavy atom. The smallest absolute Gasteiger partial charge is 0.0454 e. The Morgan fingerprint density at radius 3 is 3.00 bits per heavy atom. The Labute approximate surface area is 96.5 Å². The molecule has 0 aliphatic rings. The third-order valence-electron chi connectivity index (χ3n) is 2.82. The third-order valence-corrected chi connectivity index (χ3v) is 2.82. The van der Waals surface area contributed by atoms with Crippen LogP contribution in [0.25, 0.3) is 17.0 Å². The van der Waals surface area contributed by atoms with E-state index in [1.165, 1.54) is 22.0 Å². The van der Waals surface area contributed by atoms with Crippen LogP contribution in [0.1, 0.15) is 25.8 Å². The van der Waals surface area contributed by atoms with Crippen molar-refractivity contribution >= 4 is 17.0 Å². The summed E-state index contributed by atoms with van der Waals surface area (Å²) in [5.74, 6) is 0. The largest absolute Gasteiger partial charge is 0.361 e. The minimum atomic E-state index is 1.03. The summed E-state index contributed by atoms with van der Waals surface area (Å²) in [6, 6.07) is 8.56. The number of fused-ring (bicyclic) bond motifs is 1. The van der Waals surface area contributed by atoms with Gasteiger partial charge >= 0.3 is 0 Å². The summed E-state index contributed by atoms with van der Waals surface area (Å²) < 4.78 is 0. The molecule has 0 unspecified atom stereocenters. The Kier molecular flexibility index (Phi) is 3.25. The van der Waals surface area contributed by atoms with E-state index in [-0.39, 0.29) is 0 Å². The lowest BCUT2D eigenvalue weighted by atomic mass is 10.1. The summed E-state index contributed by atoms with van der Waals surface area (Å²) in [5.41, 5.74) is 3.86. The molecule has 0 fully saturated rings. The molecule has 0 spiro atoms. The molecule has 0 saturated heterocycles. The van der Waals surface area contributed by atoms with Crippen molar-refractivity contribution in [2.45, 2.75) is 20.3 Å². The molecule has 0 radical (unpaired) electrons. The Balaban J connectivity index is 2.14. The third kappa shape index (κ3) is 2.43. The highest BCUT2D eigenvalue weighted by Crippen LogP contribution is 2.15. The number of nitrogens with one attached hydrogen (secondary N) is 1. The maximum absolute atomic E-state index is 3.20. The van der Waals surface area contributed by atoms with E-state index >= 15 is 0 Å². The van der Waals surface area contributed by atoms with Crippen LogP contribution in [0.4, 0.5) is 0 Å². The predicted molar refractivity (Wildman–Crippen MR) is 71.4 cm³/mol. The molecule has 2 aromatic rings. The Hall–Kier alpha value is -1.76. The number of rotatable bonds is 3. The number of H-pyrrole nitrogens is 1. The molecule has 0 aliphatic carbocycles. The fourth-order valence-electron chi connectivity index (χ4n) is 1.67. The molecule has 16 heavy (non-hydrogen) atoms. The van der Waals surface area contributed by atoms with Crippen molar-refractivity contribution in [1.82, 2.24) is 4.98 Å².